The SMILES string of the molecule is Cc1cc(Nc2ccc(NC(=O)Cc3ccc(F)cc3F)cc2)nc(N2CCOCC2)n1. The van der Waals surface area contributed by atoms with E-state index in [0.29, 0.717) is 30.7 Å². The van der Waals surface area contributed by atoms with Crippen LogP contribution in [0, 0.1) is 18.6 Å². The maximum atomic E-state index is 13.7. The highest BCUT2D eigenvalue weighted by Gasteiger charge is 2.15. The van der Waals surface area contributed by atoms with Crippen molar-refractivity contribution < 1.29 is 18.3 Å². The molecule has 0 radical (unpaired) electrons. The Kier molecular flexibility index (Phi) is 6.55. The Morgan fingerprint density at radius 3 is 2.47 bits per heavy atom. The third-order valence-electron chi connectivity index (χ3n) is 4.94. The molecule has 0 atom stereocenters. The summed E-state index contributed by atoms with van der Waals surface area (Å²) in [5.41, 5.74) is 2.34. The molecule has 0 spiro atoms. The molecule has 0 bridgehead atoms. The van der Waals surface area contributed by atoms with Crippen LogP contribution in [0.5, 0.6) is 0 Å². The summed E-state index contributed by atoms with van der Waals surface area (Å²) in [6, 6.07) is 12.1. The predicted molar refractivity (Wildman–Crippen MR) is 118 cm³/mol. The number of benzene rings is 2. The number of amides is 1. The van der Waals surface area contributed by atoms with Gasteiger partial charge in [0.25, 0.3) is 0 Å². The first-order valence-corrected chi connectivity index (χ1v) is 10.3. The highest BCUT2D eigenvalue weighted by atomic mass is 19.1. The van der Waals surface area contributed by atoms with Crippen LogP contribution in [0.15, 0.2) is 48.5 Å². The first-order valence-electron chi connectivity index (χ1n) is 10.3. The Labute approximate surface area is 184 Å². The van der Waals surface area contributed by atoms with E-state index in [1.54, 1.807) is 24.3 Å². The summed E-state index contributed by atoms with van der Waals surface area (Å²) < 4.78 is 32.1. The van der Waals surface area contributed by atoms with Gasteiger partial charge in [-0.3, -0.25) is 4.79 Å². The number of nitrogens with zero attached hydrogens (tertiary/aromatic N) is 3. The van der Waals surface area contributed by atoms with Crippen molar-refractivity contribution in [3.8, 4) is 0 Å². The number of halogens is 2. The first-order chi connectivity index (χ1) is 15.5. The van der Waals surface area contributed by atoms with Crippen LogP contribution in [-0.2, 0) is 16.0 Å². The van der Waals surface area contributed by atoms with Crippen molar-refractivity contribution in [2.75, 3.05) is 41.8 Å². The van der Waals surface area contributed by atoms with Gasteiger partial charge in [0.2, 0.25) is 11.9 Å². The molecule has 1 aliphatic rings. The van der Waals surface area contributed by atoms with Crippen molar-refractivity contribution >= 4 is 29.0 Å². The third-order valence-corrected chi connectivity index (χ3v) is 4.94. The molecule has 0 saturated carbocycles. The van der Waals surface area contributed by atoms with Crippen molar-refractivity contribution in [3.63, 3.8) is 0 Å². The Bertz CT molecular complexity index is 1100. The lowest BCUT2D eigenvalue weighted by molar-refractivity contribution is -0.115. The molecule has 0 aliphatic carbocycles. The maximum Gasteiger partial charge on any atom is 0.228 e. The van der Waals surface area contributed by atoms with Crippen LogP contribution in [0.1, 0.15) is 11.3 Å². The lowest BCUT2D eigenvalue weighted by Crippen LogP contribution is -2.37. The Balaban J connectivity index is 1.38. The molecule has 166 valence electrons. The van der Waals surface area contributed by atoms with Crippen molar-refractivity contribution in [2.45, 2.75) is 13.3 Å². The molecule has 1 amide bonds. The minimum Gasteiger partial charge on any atom is -0.378 e. The molecule has 7 nitrogen and oxygen atoms in total. The molecular weight excluding hydrogens is 416 g/mol. The van der Waals surface area contributed by atoms with E-state index in [1.807, 2.05) is 13.0 Å². The minimum absolute atomic E-state index is 0.136. The zero-order valence-electron chi connectivity index (χ0n) is 17.6. The van der Waals surface area contributed by atoms with Crippen molar-refractivity contribution in [1.29, 1.82) is 0 Å². The molecule has 0 unspecified atom stereocenters. The van der Waals surface area contributed by atoms with Gasteiger partial charge >= 0.3 is 0 Å². The molecule has 32 heavy (non-hydrogen) atoms. The molecule has 3 aromatic rings. The number of anilines is 4. The number of carbonyl (C=O) groups excluding carboxylic acids is 1. The normalized spacial score (nSPS) is 13.7. The van der Waals surface area contributed by atoms with Crippen LogP contribution in [-0.4, -0.2) is 42.2 Å². The summed E-state index contributed by atoms with van der Waals surface area (Å²) in [6.07, 6.45) is -0.184. The summed E-state index contributed by atoms with van der Waals surface area (Å²) in [5, 5.41) is 5.96. The molecule has 2 aromatic carbocycles. The first kappa shape index (κ1) is 21.6. The standard InChI is InChI=1S/C23H23F2N5O2/c1-15-12-21(29-23(26-15)30-8-10-32-11-9-30)27-18-4-6-19(7-5-18)28-22(31)13-16-2-3-17(24)14-20(16)25/h2-7,12,14H,8-11,13H2,1H3,(H,28,31)(H,26,27,29). The Hall–Kier alpha value is -3.59. The number of hydrogen-bond acceptors (Lipinski definition) is 6. The van der Waals surface area contributed by atoms with Gasteiger partial charge in [-0.2, -0.15) is 4.98 Å². The number of aromatic nitrogens is 2. The minimum atomic E-state index is -0.740. The molecule has 4 rings (SSSR count). The Morgan fingerprint density at radius 1 is 1.03 bits per heavy atom. The van der Waals surface area contributed by atoms with Crippen LogP contribution >= 0.6 is 0 Å². The van der Waals surface area contributed by atoms with E-state index in [-0.39, 0.29) is 12.0 Å². The lowest BCUT2D eigenvalue weighted by Gasteiger charge is -2.27. The zero-order chi connectivity index (χ0) is 22.5. The van der Waals surface area contributed by atoms with Crippen LogP contribution in [0.4, 0.5) is 31.9 Å². The lowest BCUT2D eigenvalue weighted by atomic mass is 10.1. The van der Waals surface area contributed by atoms with E-state index in [0.717, 1.165) is 36.6 Å². The van der Waals surface area contributed by atoms with Gasteiger partial charge in [-0.1, -0.05) is 6.07 Å². The van der Waals surface area contributed by atoms with Crippen LogP contribution in [0.2, 0.25) is 0 Å². The van der Waals surface area contributed by atoms with Gasteiger partial charge in [0.15, 0.2) is 0 Å². The van der Waals surface area contributed by atoms with Gasteiger partial charge in [0.1, 0.15) is 17.5 Å². The number of hydrogen-bond donors (Lipinski definition) is 2. The van der Waals surface area contributed by atoms with Gasteiger partial charge in [-0.15, -0.1) is 0 Å². The monoisotopic (exact) mass is 439 g/mol. The molecule has 1 fully saturated rings. The largest absolute Gasteiger partial charge is 0.378 e. The number of carbonyl (C=O) groups is 1. The highest BCUT2D eigenvalue weighted by molar-refractivity contribution is 5.92. The molecule has 1 aliphatic heterocycles. The average molecular weight is 439 g/mol. The van der Waals surface area contributed by atoms with E-state index >= 15 is 0 Å². The summed E-state index contributed by atoms with van der Waals surface area (Å²) in [5.74, 6) is -0.477. The van der Waals surface area contributed by atoms with Crippen LogP contribution in [0.3, 0.4) is 0 Å². The summed E-state index contributed by atoms with van der Waals surface area (Å²) in [4.78, 5) is 23.4. The zero-order valence-corrected chi connectivity index (χ0v) is 17.6. The molecule has 1 saturated heterocycles. The fourth-order valence-electron chi connectivity index (χ4n) is 3.35. The molecule has 9 heteroatoms. The fraction of sp³-hybridized carbons (Fsp3) is 0.261. The Morgan fingerprint density at radius 2 is 1.75 bits per heavy atom. The van der Waals surface area contributed by atoms with Crippen molar-refractivity contribution in [1.82, 2.24) is 9.97 Å². The van der Waals surface area contributed by atoms with Gasteiger partial charge in [-0.25, -0.2) is 13.8 Å². The number of nitrogens with one attached hydrogen (secondary N) is 2. The maximum absolute atomic E-state index is 13.7. The van der Waals surface area contributed by atoms with Crippen LogP contribution in [0.25, 0.3) is 0 Å². The smallest absolute Gasteiger partial charge is 0.228 e. The molecule has 2 heterocycles. The second-order valence-electron chi connectivity index (χ2n) is 7.46. The van der Waals surface area contributed by atoms with Crippen LogP contribution < -0.4 is 15.5 Å². The molecule has 1 aromatic heterocycles. The number of morpholine rings is 1. The van der Waals surface area contributed by atoms with E-state index in [4.69, 9.17) is 4.74 Å². The van der Waals surface area contributed by atoms with E-state index in [1.165, 1.54) is 6.07 Å². The number of aryl methyl sites for hydroxylation is 1. The van der Waals surface area contributed by atoms with E-state index in [2.05, 4.69) is 25.5 Å². The van der Waals surface area contributed by atoms with E-state index in [9.17, 15) is 13.6 Å². The summed E-state index contributed by atoms with van der Waals surface area (Å²) >= 11 is 0. The second-order valence-corrected chi connectivity index (χ2v) is 7.46. The molecular formula is C23H23F2N5O2. The summed E-state index contributed by atoms with van der Waals surface area (Å²) in [6.45, 7) is 4.72. The number of ether oxygens (including phenoxy) is 1. The van der Waals surface area contributed by atoms with Crippen molar-refractivity contribution in [2.24, 2.45) is 0 Å². The van der Waals surface area contributed by atoms with Crippen molar-refractivity contribution in [3.05, 3.63) is 71.4 Å². The second kappa shape index (κ2) is 9.69. The van der Waals surface area contributed by atoms with E-state index < -0.39 is 17.5 Å². The highest BCUT2D eigenvalue weighted by Crippen LogP contribution is 2.21. The third kappa shape index (κ3) is 5.55. The summed E-state index contributed by atoms with van der Waals surface area (Å²) in [7, 11) is 0. The molecule has 2 N–H and O–H groups in total. The fourth-order valence-corrected chi connectivity index (χ4v) is 3.35. The van der Waals surface area contributed by atoms with Gasteiger partial charge < -0.3 is 20.3 Å². The van der Waals surface area contributed by atoms with Gasteiger partial charge in [0, 0.05) is 42.3 Å². The number of rotatable bonds is 6. The average Bonchev–Trinajstić information content (AvgIpc) is 2.77. The predicted octanol–water partition coefficient (Wildman–Crippen LogP) is 3.82. The van der Waals surface area contributed by atoms with Gasteiger partial charge in [-0.05, 0) is 42.8 Å². The van der Waals surface area contributed by atoms with Gasteiger partial charge in [0.05, 0.1) is 19.6 Å². The topological polar surface area (TPSA) is 79.4 Å². The quantitative estimate of drug-likeness (QED) is 0.608.